The van der Waals surface area contributed by atoms with Crippen LogP contribution < -0.4 is 15.6 Å². The third-order valence-electron chi connectivity index (χ3n) is 5.71. The standard InChI is InChI=1S/C26H21NO5/c1-13(28)31-19-12-20-23(27-17-10-9-14(26(2,3)4)11-18(17)32-20)22-21(19)24(29)15-7-5-6-8-16(15)25(22)30/h5-12,27H,1-4H3. The van der Waals surface area contributed by atoms with Gasteiger partial charge in [-0.05, 0) is 23.1 Å². The predicted molar refractivity (Wildman–Crippen MR) is 126 cm³/mol. The maximum atomic E-state index is 13.5. The molecule has 1 aromatic heterocycles. The molecule has 0 aliphatic rings. The molecular weight excluding hydrogens is 406 g/mol. The lowest BCUT2D eigenvalue weighted by Crippen LogP contribution is -2.16. The first-order valence-corrected chi connectivity index (χ1v) is 10.3. The second kappa shape index (κ2) is 6.79. The molecule has 0 bridgehead atoms. The van der Waals surface area contributed by atoms with Crippen LogP contribution >= 0.6 is 0 Å². The van der Waals surface area contributed by atoms with E-state index in [0.29, 0.717) is 27.6 Å². The van der Waals surface area contributed by atoms with Crippen molar-refractivity contribution in [2.75, 3.05) is 0 Å². The fourth-order valence-electron chi connectivity index (χ4n) is 4.11. The number of aromatic amines is 1. The molecule has 0 fully saturated rings. The molecule has 0 saturated carbocycles. The maximum Gasteiger partial charge on any atom is 0.308 e. The van der Waals surface area contributed by atoms with Gasteiger partial charge in [-0.3, -0.25) is 14.4 Å². The van der Waals surface area contributed by atoms with E-state index >= 15 is 0 Å². The molecule has 0 saturated heterocycles. The molecule has 5 rings (SSSR count). The predicted octanol–water partition coefficient (Wildman–Crippen LogP) is 5.16. The van der Waals surface area contributed by atoms with Gasteiger partial charge in [0.25, 0.3) is 0 Å². The number of H-pyrrole nitrogens is 1. The highest BCUT2D eigenvalue weighted by atomic mass is 16.5. The Morgan fingerprint density at radius 2 is 1.56 bits per heavy atom. The molecule has 0 atom stereocenters. The highest BCUT2D eigenvalue weighted by Crippen LogP contribution is 2.33. The molecule has 32 heavy (non-hydrogen) atoms. The first-order chi connectivity index (χ1) is 15.1. The van der Waals surface area contributed by atoms with E-state index in [0.717, 1.165) is 5.56 Å². The summed E-state index contributed by atoms with van der Waals surface area (Å²) in [5.41, 5.74) is 2.29. The second-order valence-corrected chi connectivity index (χ2v) is 8.98. The Labute approximate surface area is 182 Å². The Morgan fingerprint density at radius 3 is 2.19 bits per heavy atom. The van der Waals surface area contributed by atoms with Crippen LogP contribution in [-0.2, 0) is 10.2 Å². The minimum Gasteiger partial charge on any atom is -0.453 e. The van der Waals surface area contributed by atoms with Crippen LogP contribution in [-0.4, -0.2) is 11.0 Å². The number of aromatic nitrogens is 1. The summed E-state index contributed by atoms with van der Waals surface area (Å²) < 4.78 is 11.5. The molecule has 6 nitrogen and oxygen atoms in total. The summed E-state index contributed by atoms with van der Waals surface area (Å²) in [7, 11) is 0. The Hall–Kier alpha value is -3.93. The Kier molecular flexibility index (Phi) is 4.24. The van der Waals surface area contributed by atoms with Crippen LogP contribution in [0.2, 0.25) is 0 Å². The molecule has 160 valence electrons. The largest absolute Gasteiger partial charge is 0.453 e. The van der Waals surface area contributed by atoms with E-state index in [1.54, 1.807) is 24.3 Å². The number of hydrogen-bond donors (Lipinski definition) is 1. The van der Waals surface area contributed by atoms with Crippen LogP contribution in [0.5, 0.6) is 5.75 Å². The lowest BCUT2D eigenvalue weighted by atomic mass is 9.87. The van der Waals surface area contributed by atoms with E-state index in [4.69, 9.17) is 9.15 Å². The van der Waals surface area contributed by atoms with Crippen molar-refractivity contribution in [3.63, 3.8) is 0 Å². The third kappa shape index (κ3) is 2.99. The van der Waals surface area contributed by atoms with Crippen molar-refractivity contribution in [1.82, 2.24) is 4.98 Å². The first-order valence-electron chi connectivity index (χ1n) is 10.3. The monoisotopic (exact) mass is 427 g/mol. The molecule has 0 aliphatic carbocycles. The molecule has 4 aromatic carbocycles. The van der Waals surface area contributed by atoms with Gasteiger partial charge in [-0.15, -0.1) is 0 Å². The average molecular weight is 427 g/mol. The fraction of sp³-hybridized carbons (Fsp3) is 0.192. The summed E-state index contributed by atoms with van der Waals surface area (Å²) in [6.07, 6.45) is 0. The van der Waals surface area contributed by atoms with E-state index in [1.165, 1.54) is 13.0 Å². The average Bonchev–Trinajstić information content (AvgIpc) is 2.74. The molecule has 0 aliphatic heterocycles. The number of carbonyl (C=O) groups excluding carboxylic acids is 1. The molecule has 0 spiro atoms. The molecule has 1 N–H and O–H groups in total. The summed E-state index contributed by atoms with van der Waals surface area (Å²) in [6, 6.07) is 14.0. The van der Waals surface area contributed by atoms with Crippen LogP contribution in [0.15, 0.2) is 62.5 Å². The van der Waals surface area contributed by atoms with E-state index in [-0.39, 0.29) is 38.2 Å². The van der Waals surface area contributed by atoms with Gasteiger partial charge in [0.05, 0.1) is 21.8 Å². The summed E-state index contributed by atoms with van der Waals surface area (Å²) >= 11 is 0. The topological polar surface area (TPSA) is 89.4 Å². The zero-order valence-electron chi connectivity index (χ0n) is 18.2. The molecule has 0 radical (unpaired) electrons. The van der Waals surface area contributed by atoms with E-state index < -0.39 is 5.97 Å². The Balaban J connectivity index is 2.00. The zero-order valence-corrected chi connectivity index (χ0v) is 18.2. The van der Waals surface area contributed by atoms with Gasteiger partial charge in [-0.25, -0.2) is 0 Å². The van der Waals surface area contributed by atoms with Crippen molar-refractivity contribution < 1.29 is 13.9 Å². The zero-order chi connectivity index (χ0) is 22.8. The normalized spacial score (nSPS) is 12.1. The van der Waals surface area contributed by atoms with Crippen molar-refractivity contribution >= 4 is 49.7 Å². The van der Waals surface area contributed by atoms with Gasteiger partial charge in [0.15, 0.2) is 22.0 Å². The van der Waals surface area contributed by atoms with Gasteiger partial charge in [-0.1, -0.05) is 51.1 Å². The maximum absolute atomic E-state index is 13.5. The second-order valence-electron chi connectivity index (χ2n) is 8.98. The van der Waals surface area contributed by atoms with E-state index in [1.807, 2.05) is 18.2 Å². The summed E-state index contributed by atoms with van der Waals surface area (Å²) in [4.78, 5) is 41.9. The highest BCUT2D eigenvalue weighted by molar-refractivity contribution is 6.12. The van der Waals surface area contributed by atoms with Gasteiger partial charge >= 0.3 is 5.97 Å². The number of fused-ring (bicyclic) bond motifs is 5. The van der Waals surface area contributed by atoms with Gasteiger partial charge in [0.2, 0.25) is 0 Å². The van der Waals surface area contributed by atoms with Gasteiger partial charge in [0.1, 0.15) is 5.75 Å². The molecule has 1 heterocycles. The SMILES string of the molecule is CC(=O)Oc1cc2oc3cc(C(C)(C)C)ccc3[nH]c2c2c(=O)c3ccccc3c(=O)c12. The summed E-state index contributed by atoms with van der Waals surface area (Å²) in [5.74, 6) is -0.582. The number of rotatable bonds is 1. The fourth-order valence-corrected chi connectivity index (χ4v) is 4.11. The van der Waals surface area contributed by atoms with E-state index in [2.05, 4.69) is 25.8 Å². The number of carbonyl (C=O) groups is 1. The van der Waals surface area contributed by atoms with Crippen molar-refractivity contribution in [2.24, 2.45) is 0 Å². The van der Waals surface area contributed by atoms with Crippen LogP contribution in [0, 0.1) is 0 Å². The molecular formula is C26H21NO5. The van der Waals surface area contributed by atoms with Crippen molar-refractivity contribution in [3.05, 3.63) is 74.5 Å². The number of ether oxygens (including phenoxy) is 1. The first kappa shape index (κ1) is 20.0. The van der Waals surface area contributed by atoms with Crippen LogP contribution in [0.4, 0.5) is 0 Å². The molecule has 0 amide bonds. The van der Waals surface area contributed by atoms with Crippen molar-refractivity contribution in [1.29, 1.82) is 0 Å². The number of benzene rings is 4. The van der Waals surface area contributed by atoms with Crippen LogP contribution in [0.1, 0.15) is 33.3 Å². The van der Waals surface area contributed by atoms with Crippen LogP contribution in [0.25, 0.3) is 43.7 Å². The smallest absolute Gasteiger partial charge is 0.308 e. The molecule has 6 heteroatoms. The minimum atomic E-state index is -0.592. The summed E-state index contributed by atoms with van der Waals surface area (Å²) in [6.45, 7) is 7.57. The summed E-state index contributed by atoms with van der Waals surface area (Å²) in [5, 5.41) is 0.801. The number of nitrogens with one attached hydrogen (secondary N) is 1. The number of hydrogen-bond acceptors (Lipinski definition) is 5. The lowest BCUT2D eigenvalue weighted by Gasteiger charge is -2.19. The van der Waals surface area contributed by atoms with Crippen molar-refractivity contribution in [3.8, 4) is 5.75 Å². The Morgan fingerprint density at radius 1 is 0.906 bits per heavy atom. The van der Waals surface area contributed by atoms with Gasteiger partial charge in [-0.2, -0.15) is 0 Å². The highest BCUT2D eigenvalue weighted by Gasteiger charge is 2.21. The van der Waals surface area contributed by atoms with Crippen LogP contribution in [0.3, 0.4) is 0 Å². The minimum absolute atomic E-state index is 0.0105. The van der Waals surface area contributed by atoms with Crippen molar-refractivity contribution in [2.45, 2.75) is 33.1 Å². The molecule has 5 aromatic rings. The van der Waals surface area contributed by atoms with Gasteiger partial charge < -0.3 is 14.1 Å². The van der Waals surface area contributed by atoms with E-state index in [9.17, 15) is 14.4 Å². The quantitative estimate of drug-likeness (QED) is 0.173. The molecule has 0 unspecified atom stereocenters. The lowest BCUT2D eigenvalue weighted by molar-refractivity contribution is -0.131. The number of esters is 1. The third-order valence-corrected chi connectivity index (χ3v) is 5.71. The Bertz CT molecular complexity index is 1700. The van der Waals surface area contributed by atoms with Gasteiger partial charge in [0, 0.05) is 23.8 Å².